The van der Waals surface area contributed by atoms with Gasteiger partial charge in [0.1, 0.15) is 5.75 Å². The molecule has 204 valence electrons. The van der Waals surface area contributed by atoms with Crippen LogP contribution in [0.25, 0.3) is 11.1 Å². The van der Waals surface area contributed by atoms with Gasteiger partial charge in [-0.3, -0.25) is 0 Å². The molecule has 0 amide bonds. The minimum atomic E-state index is -0.699. The lowest BCUT2D eigenvalue weighted by atomic mass is 9.80. The molecule has 3 heteroatoms. The summed E-state index contributed by atoms with van der Waals surface area (Å²) >= 11 is 0. The average Bonchev–Trinajstić information content (AvgIpc) is 3.75. The summed E-state index contributed by atoms with van der Waals surface area (Å²) in [6.45, 7) is 2.96. The highest BCUT2D eigenvalue weighted by atomic mass is 19.2. The average molecular weight is 511 g/mol. The van der Waals surface area contributed by atoms with E-state index in [1.54, 1.807) is 0 Å². The van der Waals surface area contributed by atoms with Crippen molar-refractivity contribution < 1.29 is 13.5 Å². The van der Waals surface area contributed by atoms with Gasteiger partial charge in [0, 0.05) is 5.56 Å². The molecule has 0 N–H and O–H groups in total. The van der Waals surface area contributed by atoms with Gasteiger partial charge < -0.3 is 4.74 Å². The Bertz CT molecular complexity index is 947. The van der Waals surface area contributed by atoms with Crippen LogP contribution in [0.5, 0.6) is 5.75 Å². The highest BCUT2D eigenvalue weighted by molar-refractivity contribution is 5.67. The van der Waals surface area contributed by atoms with Gasteiger partial charge in [0.05, 0.1) is 6.61 Å². The van der Waals surface area contributed by atoms with Crippen LogP contribution < -0.4 is 4.74 Å². The summed E-state index contributed by atoms with van der Waals surface area (Å²) in [7, 11) is 0. The largest absolute Gasteiger partial charge is 0.494 e. The van der Waals surface area contributed by atoms with Gasteiger partial charge >= 0.3 is 0 Å². The molecule has 0 heterocycles. The van der Waals surface area contributed by atoms with Gasteiger partial charge in [-0.1, -0.05) is 109 Å². The number of benzene rings is 2. The van der Waals surface area contributed by atoms with E-state index in [1.807, 2.05) is 30.3 Å². The first kappa shape index (κ1) is 28.1. The molecular formula is C34H48F2O. The number of unbranched alkanes of at least 4 members (excludes halogenated alkanes) is 9. The number of fused-ring (bicyclic) bond motifs is 1. The first-order chi connectivity index (χ1) is 18.2. The molecule has 0 bridgehead atoms. The molecule has 2 aliphatic rings. The van der Waals surface area contributed by atoms with Crippen molar-refractivity contribution in [3.63, 3.8) is 0 Å². The van der Waals surface area contributed by atoms with Crippen LogP contribution in [0.3, 0.4) is 0 Å². The summed E-state index contributed by atoms with van der Waals surface area (Å²) in [6, 6.07) is 9.40. The van der Waals surface area contributed by atoms with Crippen molar-refractivity contribution in [1.82, 2.24) is 0 Å². The molecular weight excluding hydrogens is 462 g/mol. The second-order valence-electron chi connectivity index (χ2n) is 11.7. The molecule has 2 aromatic carbocycles. The highest BCUT2D eigenvalue weighted by Crippen LogP contribution is 2.37. The van der Waals surface area contributed by atoms with Gasteiger partial charge in [0.15, 0.2) is 11.6 Å². The minimum Gasteiger partial charge on any atom is -0.494 e. The van der Waals surface area contributed by atoms with Crippen molar-refractivity contribution in [3.05, 3.63) is 53.1 Å². The highest BCUT2D eigenvalue weighted by Gasteiger charge is 2.26. The second-order valence-corrected chi connectivity index (χ2v) is 11.7. The molecule has 0 radical (unpaired) electrons. The van der Waals surface area contributed by atoms with E-state index in [1.165, 1.54) is 83.5 Å². The van der Waals surface area contributed by atoms with Crippen LogP contribution in [-0.4, -0.2) is 6.61 Å². The van der Waals surface area contributed by atoms with Crippen LogP contribution in [0, 0.1) is 23.5 Å². The fourth-order valence-electron chi connectivity index (χ4n) is 5.97. The lowest BCUT2D eigenvalue weighted by Gasteiger charge is -2.26. The van der Waals surface area contributed by atoms with Gasteiger partial charge in [-0.25, -0.2) is 8.78 Å². The number of halogens is 2. The molecule has 0 aromatic heterocycles. The number of hydrogen-bond donors (Lipinski definition) is 0. The third-order valence-corrected chi connectivity index (χ3v) is 8.57. The second kappa shape index (κ2) is 14.9. The molecule has 2 aromatic rings. The van der Waals surface area contributed by atoms with Crippen molar-refractivity contribution in [2.24, 2.45) is 11.8 Å². The number of aryl methyl sites for hydroxylation is 1. The number of hydrogen-bond acceptors (Lipinski definition) is 1. The van der Waals surface area contributed by atoms with Crippen molar-refractivity contribution >= 4 is 0 Å². The van der Waals surface area contributed by atoms with Crippen LogP contribution in [0.2, 0.25) is 0 Å². The van der Waals surface area contributed by atoms with Crippen LogP contribution in [-0.2, 0) is 12.8 Å². The number of ether oxygens (including phenoxy) is 1. The molecule has 1 saturated carbocycles. The van der Waals surface area contributed by atoms with Crippen molar-refractivity contribution in [1.29, 1.82) is 0 Å². The lowest BCUT2D eigenvalue weighted by molar-refractivity contribution is 0.304. The van der Waals surface area contributed by atoms with E-state index in [4.69, 9.17) is 4.74 Å². The van der Waals surface area contributed by atoms with Crippen LogP contribution in [0.4, 0.5) is 8.78 Å². The van der Waals surface area contributed by atoms with Gasteiger partial charge in [0.2, 0.25) is 0 Å². The van der Waals surface area contributed by atoms with E-state index >= 15 is 8.78 Å². The summed E-state index contributed by atoms with van der Waals surface area (Å²) < 4.78 is 36.2. The first-order valence-electron chi connectivity index (χ1n) is 15.4. The van der Waals surface area contributed by atoms with Gasteiger partial charge in [-0.2, -0.15) is 0 Å². The molecule has 1 unspecified atom stereocenters. The van der Waals surface area contributed by atoms with Crippen molar-refractivity contribution in [3.8, 4) is 16.9 Å². The normalized spacial score (nSPS) is 17.1. The molecule has 1 nitrogen and oxygen atoms in total. The van der Waals surface area contributed by atoms with E-state index in [2.05, 4.69) is 6.92 Å². The van der Waals surface area contributed by atoms with Crippen LogP contribution >= 0.6 is 0 Å². The maximum absolute atomic E-state index is 15.2. The Kier molecular flexibility index (Phi) is 11.3. The molecule has 0 spiro atoms. The van der Waals surface area contributed by atoms with E-state index < -0.39 is 11.6 Å². The lowest BCUT2D eigenvalue weighted by Crippen LogP contribution is -2.17. The predicted octanol–water partition coefficient (Wildman–Crippen LogP) is 10.6. The van der Waals surface area contributed by atoms with Crippen molar-refractivity contribution in [2.75, 3.05) is 6.61 Å². The standard InChI is InChI=1S/C34H48F2O/c1-2-3-4-5-6-7-11-14-27-17-18-29-25-32(34(36)33(35)31(29)24-27)28-19-21-30(22-20-28)37-23-12-9-8-10-13-26-15-16-26/h19-22,25-27H,2-18,23-24H2,1H3. The van der Waals surface area contributed by atoms with E-state index in [9.17, 15) is 0 Å². The molecule has 0 saturated heterocycles. The Hall–Kier alpha value is -1.90. The first-order valence-corrected chi connectivity index (χ1v) is 15.4. The van der Waals surface area contributed by atoms with Gasteiger partial charge in [-0.15, -0.1) is 0 Å². The summed E-state index contributed by atoms with van der Waals surface area (Å²) in [5.74, 6) is 0.986. The van der Waals surface area contributed by atoms with Crippen molar-refractivity contribution in [2.45, 2.75) is 122 Å². The summed E-state index contributed by atoms with van der Waals surface area (Å²) in [6.07, 6.45) is 22.0. The topological polar surface area (TPSA) is 9.23 Å². The zero-order chi connectivity index (χ0) is 25.9. The smallest absolute Gasteiger partial charge is 0.166 e. The van der Waals surface area contributed by atoms with Gasteiger partial charge in [0.25, 0.3) is 0 Å². The third-order valence-electron chi connectivity index (χ3n) is 8.57. The summed E-state index contributed by atoms with van der Waals surface area (Å²) in [5, 5.41) is 0. The Morgan fingerprint density at radius 2 is 1.38 bits per heavy atom. The molecule has 37 heavy (non-hydrogen) atoms. The molecule has 4 rings (SSSR count). The third kappa shape index (κ3) is 8.82. The predicted molar refractivity (Wildman–Crippen MR) is 151 cm³/mol. The Morgan fingerprint density at radius 3 is 2.08 bits per heavy atom. The van der Waals surface area contributed by atoms with E-state index in [0.29, 0.717) is 30.1 Å². The van der Waals surface area contributed by atoms with Crippen LogP contribution in [0.1, 0.15) is 121 Å². The Morgan fingerprint density at radius 1 is 0.730 bits per heavy atom. The fourth-order valence-corrected chi connectivity index (χ4v) is 5.97. The molecule has 0 aliphatic heterocycles. The SMILES string of the molecule is CCCCCCCCCC1CCc2cc(-c3ccc(OCCCCCCC4CC4)cc3)c(F)c(F)c2C1. The molecule has 1 atom stereocenters. The number of rotatable bonds is 17. The quantitative estimate of drug-likeness (QED) is 0.192. The van der Waals surface area contributed by atoms with Crippen LogP contribution in [0.15, 0.2) is 30.3 Å². The minimum absolute atomic E-state index is 0.379. The van der Waals surface area contributed by atoms with E-state index in [-0.39, 0.29) is 0 Å². The maximum atomic E-state index is 15.2. The summed E-state index contributed by atoms with van der Waals surface area (Å²) in [4.78, 5) is 0. The Balaban J connectivity index is 1.23. The fraction of sp³-hybridized carbons (Fsp3) is 0.647. The molecule has 1 fully saturated rings. The summed E-state index contributed by atoms with van der Waals surface area (Å²) in [5.41, 5.74) is 2.71. The monoisotopic (exact) mass is 510 g/mol. The maximum Gasteiger partial charge on any atom is 0.166 e. The zero-order valence-corrected chi connectivity index (χ0v) is 23.1. The Labute approximate surface area is 224 Å². The van der Waals surface area contributed by atoms with Gasteiger partial charge in [-0.05, 0) is 72.4 Å². The van der Waals surface area contributed by atoms with E-state index in [0.717, 1.165) is 48.5 Å². The molecule has 2 aliphatic carbocycles. The zero-order valence-electron chi connectivity index (χ0n) is 23.1.